The summed E-state index contributed by atoms with van der Waals surface area (Å²) < 4.78 is 5.73. The van der Waals surface area contributed by atoms with E-state index in [-0.39, 0.29) is 24.5 Å². The Bertz CT molecular complexity index is 947. The lowest BCUT2D eigenvalue weighted by molar-refractivity contribution is -0.151. The van der Waals surface area contributed by atoms with Gasteiger partial charge in [-0.25, -0.2) is 4.98 Å². The summed E-state index contributed by atoms with van der Waals surface area (Å²) in [5, 5.41) is 14.5. The minimum Gasteiger partial charge on any atom is -0.483 e. The first-order chi connectivity index (χ1) is 15.0. The van der Waals surface area contributed by atoms with Crippen molar-refractivity contribution in [3.8, 4) is 0 Å². The molecule has 10 heteroatoms. The SMILES string of the molecule is O=C(c1ccc2cn[nH]c2n1)N1CCC2(CC1)CC(CN1CCCC1)OC2=O.O=CO. The Balaban J connectivity index is 0.000000730. The van der Waals surface area contributed by atoms with Gasteiger partial charge in [0.25, 0.3) is 12.4 Å². The maximum absolute atomic E-state index is 12.9. The molecule has 1 atom stereocenters. The van der Waals surface area contributed by atoms with Crippen molar-refractivity contribution in [3.05, 3.63) is 24.0 Å². The number of cyclic esters (lactones) is 1. The minimum absolute atomic E-state index is 0.00250. The molecule has 5 rings (SSSR count). The molecule has 31 heavy (non-hydrogen) atoms. The molecule has 10 nitrogen and oxygen atoms in total. The highest BCUT2D eigenvalue weighted by molar-refractivity contribution is 5.94. The van der Waals surface area contributed by atoms with Gasteiger partial charge in [-0.1, -0.05) is 0 Å². The van der Waals surface area contributed by atoms with Crippen molar-refractivity contribution in [1.82, 2.24) is 25.0 Å². The van der Waals surface area contributed by atoms with Gasteiger partial charge in [0.1, 0.15) is 11.8 Å². The molecule has 2 aromatic rings. The second-order valence-corrected chi connectivity index (χ2v) is 8.42. The third-order valence-electron chi connectivity index (χ3n) is 6.51. The minimum atomic E-state index is -0.415. The zero-order valence-corrected chi connectivity index (χ0v) is 17.3. The number of aromatic amines is 1. The Hall–Kier alpha value is -3.01. The second-order valence-electron chi connectivity index (χ2n) is 8.42. The first-order valence-electron chi connectivity index (χ1n) is 10.7. The van der Waals surface area contributed by atoms with Crippen LogP contribution in [0, 0.1) is 5.41 Å². The quantitative estimate of drug-likeness (QED) is 0.552. The van der Waals surface area contributed by atoms with Gasteiger partial charge in [-0.2, -0.15) is 5.10 Å². The maximum atomic E-state index is 12.9. The molecule has 2 aromatic heterocycles. The fourth-order valence-electron chi connectivity index (χ4n) is 4.85. The fourth-order valence-corrected chi connectivity index (χ4v) is 4.85. The predicted octanol–water partition coefficient (Wildman–Crippen LogP) is 1.29. The van der Waals surface area contributed by atoms with E-state index in [1.54, 1.807) is 17.2 Å². The zero-order valence-electron chi connectivity index (χ0n) is 17.3. The number of likely N-dealkylation sites (tertiary alicyclic amines) is 2. The number of nitrogens with one attached hydrogen (secondary N) is 1. The average molecular weight is 429 g/mol. The van der Waals surface area contributed by atoms with Crippen LogP contribution in [0.15, 0.2) is 18.3 Å². The van der Waals surface area contributed by atoms with Crippen LogP contribution in [0.25, 0.3) is 11.0 Å². The summed E-state index contributed by atoms with van der Waals surface area (Å²) in [6.07, 6.45) is 6.27. The lowest BCUT2D eigenvalue weighted by Crippen LogP contribution is -2.45. The van der Waals surface area contributed by atoms with E-state index in [9.17, 15) is 9.59 Å². The van der Waals surface area contributed by atoms with Gasteiger partial charge < -0.3 is 14.7 Å². The molecule has 1 spiro atoms. The average Bonchev–Trinajstić information content (AvgIpc) is 3.50. The number of H-pyrrole nitrogens is 1. The summed E-state index contributed by atoms with van der Waals surface area (Å²) in [6, 6.07) is 3.59. The number of rotatable bonds is 3. The molecule has 0 aromatic carbocycles. The highest BCUT2D eigenvalue weighted by atomic mass is 16.6. The third-order valence-corrected chi connectivity index (χ3v) is 6.51. The summed E-state index contributed by atoms with van der Waals surface area (Å²) in [7, 11) is 0. The van der Waals surface area contributed by atoms with Crippen molar-refractivity contribution in [2.45, 2.75) is 38.2 Å². The summed E-state index contributed by atoms with van der Waals surface area (Å²) in [6.45, 7) is 3.94. The number of hydrogen-bond acceptors (Lipinski definition) is 7. The molecule has 0 saturated carbocycles. The van der Waals surface area contributed by atoms with Gasteiger partial charge in [-0.05, 0) is 50.9 Å². The van der Waals surface area contributed by atoms with Crippen LogP contribution in [0.4, 0.5) is 0 Å². The lowest BCUT2D eigenvalue weighted by atomic mass is 9.76. The predicted molar refractivity (Wildman–Crippen MR) is 110 cm³/mol. The van der Waals surface area contributed by atoms with Gasteiger partial charge in [-0.15, -0.1) is 0 Å². The largest absolute Gasteiger partial charge is 0.483 e. The Kier molecular flexibility index (Phi) is 6.17. The number of pyridine rings is 1. The van der Waals surface area contributed by atoms with Crippen molar-refractivity contribution >= 4 is 29.4 Å². The molecular formula is C21H27N5O5. The molecule has 0 aliphatic carbocycles. The number of ether oxygens (including phenoxy) is 1. The maximum Gasteiger partial charge on any atom is 0.312 e. The van der Waals surface area contributed by atoms with E-state index in [0.717, 1.165) is 31.4 Å². The summed E-state index contributed by atoms with van der Waals surface area (Å²) in [4.78, 5) is 42.4. The van der Waals surface area contributed by atoms with Crippen LogP contribution in [0.2, 0.25) is 0 Å². The van der Waals surface area contributed by atoms with Crippen LogP contribution in [0.3, 0.4) is 0 Å². The van der Waals surface area contributed by atoms with Crippen LogP contribution < -0.4 is 0 Å². The van der Waals surface area contributed by atoms with Crippen molar-refractivity contribution < 1.29 is 24.2 Å². The number of hydrogen-bond donors (Lipinski definition) is 2. The number of carbonyl (C=O) groups is 3. The molecule has 0 radical (unpaired) electrons. The molecular weight excluding hydrogens is 402 g/mol. The second kappa shape index (κ2) is 9.01. The molecule has 0 bridgehead atoms. The summed E-state index contributed by atoms with van der Waals surface area (Å²) in [5.41, 5.74) is 0.610. The molecule has 2 N–H and O–H groups in total. The molecule has 166 valence electrons. The van der Waals surface area contributed by atoms with Crippen LogP contribution in [-0.2, 0) is 14.3 Å². The van der Waals surface area contributed by atoms with Crippen molar-refractivity contribution in [2.24, 2.45) is 5.41 Å². The van der Waals surface area contributed by atoms with Crippen LogP contribution in [0.1, 0.15) is 42.6 Å². The lowest BCUT2D eigenvalue weighted by Gasteiger charge is -2.36. The van der Waals surface area contributed by atoms with Crippen molar-refractivity contribution in [2.75, 3.05) is 32.7 Å². The smallest absolute Gasteiger partial charge is 0.312 e. The first kappa shape index (κ1) is 21.2. The topological polar surface area (TPSA) is 129 Å². The molecule has 3 aliphatic heterocycles. The molecule has 3 fully saturated rings. The van der Waals surface area contributed by atoms with Crippen LogP contribution >= 0.6 is 0 Å². The standard InChI is InChI=1S/C20H25N5O3.CH2O2/c26-18(16-4-3-14-12-21-23-17(14)22-16)25-9-5-20(6-10-25)11-15(28-19(20)27)13-24-7-1-2-8-24;2-1-3/h3-4,12,15H,1-2,5-11,13H2,(H,21,22,23);1H,(H,2,3). The number of piperidine rings is 1. The monoisotopic (exact) mass is 429 g/mol. The molecule has 5 heterocycles. The van der Waals surface area contributed by atoms with E-state index < -0.39 is 5.41 Å². The molecule has 3 aliphatic rings. The van der Waals surface area contributed by atoms with Gasteiger partial charge in [0.2, 0.25) is 0 Å². The van der Waals surface area contributed by atoms with E-state index in [1.807, 2.05) is 6.07 Å². The van der Waals surface area contributed by atoms with E-state index >= 15 is 0 Å². The summed E-state index contributed by atoms with van der Waals surface area (Å²) in [5.74, 6) is -0.160. The molecule has 1 amide bonds. The van der Waals surface area contributed by atoms with Crippen LogP contribution in [-0.4, -0.2) is 87.3 Å². The normalized spacial score (nSPS) is 22.9. The number of carboxylic acid groups (broad SMARTS) is 1. The Labute approximate surface area is 179 Å². The van der Waals surface area contributed by atoms with Gasteiger partial charge in [0.05, 0.1) is 11.6 Å². The van der Waals surface area contributed by atoms with Gasteiger partial charge in [0, 0.05) is 31.4 Å². The van der Waals surface area contributed by atoms with Gasteiger partial charge >= 0.3 is 5.97 Å². The van der Waals surface area contributed by atoms with Crippen LogP contribution in [0.5, 0.6) is 0 Å². The van der Waals surface area contributed by atoms with Crippen molar-refractivity contribution in [1.29, 1.82) is 0 Å². The Morgan fingerprint density at radius 2 is 1.97 bits per heavy atom. The van der Waals surface area contributed by atoms with Crippen molar-refractivity contribution in [3.63, 3.8) is 0 Å². The Morgan fingerprint density at radius 1 is 1.26 bits per heavy atom. The van der Waals surface area contributed by atoms with E-state index in [1.165, 1.54) is 12.8 Å². The number of carbonyl (C=O) groups excluding carboxylic acids is 2. The fraction of sp³-hybridized carbons (Fsp3) is 0.571. The zero-order chi connectivity index (χ0) is 21.8. The number of fused-ring (bicyclic) bond motifs is 1. The van der Waals surface area contributed by atoms with E-state index in [0.29, 0.717) is 37.3 Å². The number of amides is 1. The highest BCUT2D eigenvalue weighted by Crippen LogP contribution is 2.43. The van der Waals surface area contributed by atoms with Gasteiger partial charge in [0.15, 0.2) is 5.65 Å². The first-order valence-corrected chi connectivity index (χ1v) is 10.7. The van der Waals surface area contributed by atoms with E-state index in [4.69, 9.17) is 14.6 Å². The third kappa shape index (κ3) is 4.39. The summed E-state index contributed by atoms with van der Waals surface area (Å²) >= 11 is 0. The number of nitrogens with zero attached hydrogens (tertiary/aromatic N) is 4. The molecule has 3 saturated heterocycles. The molecule has 1 unspecified atom stereocenters. The van der Waals surface area contributed by atoms with Gasteiger partial charge in [-0.3, -0.25) is 24.4 Å². The Morgan fingerprint density at radius 3 is 2.68 bits per heavy atom. The highest BCUT2D eigenvalue weighted by Gasteiger charge is 2.51. The van der Waals surface area contributed by atoms with E-state index in [2.05, 4.69) is 20.1 Å². The number of aromatic nitrogens is 3. The number of esters is 1.